The second-order valence-corrected chi connectivity index (χ2v) is 7.57. The zero-order chi connectivity index (χ0) is 24.8. The molecule has 0 radical (unpaired) electrons. The summed E-state index contributed by atoms with van der Waals surface area (Å²) in [4.78, 5) is 15.1. The third kappa shape index (κ3) is 4.42. The summed E-state index contributed by atoms with van der Waals surface area (Å²) < 4.78 is 15.4. The van der Waals surface area contributed by atoms with Crippen molar-refractivity contribution in [2.24, 2.45) is 21.6 Å². The molecule has 0 atom stereocenters. The molecule has 7 nitrogen and oxygen atoms in total. The summed E-state index contributed by atoms with van der Waals surface area (Å²) >= 11 is 0. The number of aryl methyl sites for hydroxylation is 1. The molecule has 0 bridgehead atoms. The number of halogens is 1. The molecule has 0 aliphatic heterocycles. The summed E-state index contributed by atoms with van der Waals surface area (Å²) in [5.74, 6) is -0.571. The number of nitrogens with one attached hydrogen (secondary N) is 1. The number of nitrogens with zero attached hydrogens (tertiary/aromatic N) is 3. The van der Waals surface area contributed by atoms with Crippen molar-refractivity contribution >= 4 is 34.2 Å². The van der Waals surface area contributed by atoms with Gasteiger partial charge in [-0.3, -0.25) is 9.79 Å². The van der Waals surface area contributed by atoms with E-state index in [9.17, 15) is 10.1 Å². The monoisotopic (exact) mass is 456 g/mol. The first-order chi connectivity index (χ1) is 16.4. The lowest BCUT2D eigenvalue weighted by molar-refractivity contribution is -0.109. The minimum Gasteiger partial charge on any atom is -0.404 e. The number of amides is 1. The molecule has 0 aliphatic carbocycles. The number of benzene rings is 3. The number of allylic oxidation sites excluding steroid dienone is 1. The van der Waals surface area contributed by atoms with Gasteiger partial charge in [0.05, 0.1) is 22.6 Å². The fourth-order valence-corrected chi connectivity index (χ4v) is 3.97. The van der Waals surface area contributed by atoms with Crippen LogP contribution < -0.4 is 16.9 Å². The van der Waals surface area contributed by atoms with Gasteiger partial charge in [-0.15, -0.1) is 0 Å². The molecule has 5 N–H and O–H groups in total. The van der Waals surface area contributed by atoms with Gasteiger partial charge in [0.1, 0.15) is 11.9 Å². The van der Waals surface area contributed by atoms with Crippen LogP contribution in [-0.2, 0) is 4.79 Å². The van der Waals surface area contributed by atoms with Crippen LogP contribution in [0, 0.1) is 31.0 Å². The van der Waals surface area contributed by atoms with Crippen LogP contribution >= 0.6 is 0 Å². The van der Waals surface area contributed by atoms with Crippen molar-refractivity contribution in [3.05, 3.63) is 87.9 Å². The zero-order valence-electron chi connectivity index (χ0n) is 19.2. The Morgan fingerprint density at radius 2 is 1.97 bits per heavy atom. The van der Waals surface area contributed by atoms with Crippen LogP contribution in [0.5, 0.6) is 0 Å². The molecule has 0 aliphatic rings. The van der Waals surface area contributed by atoms with Gasteiger partial charge in [0.25, 0.3) is 0 Å². The van der Waals surface area contributed by atoms with Gasteiger partial charge in [0, 0.05) is 36.3 Å². The predicted octanol–water partition coefficient (Wildman–Crippen LogP) is 3.29. The Labute approximate surface area is 197 Å². The molecule has 172 valence electrons. The van der Waals surface area contributed by atoms with Crippen molar-refractivity contribution in [1.29, 1.82) is 5.26 Å². The second kappa shape index (κ2) is 10.5. The molecule has 0 fully saturated rings. The molecular weight excluding hydrogens is 431 g/mol. The lowest BCUT2D eigenvalue weighted by Gasteiger charge is -2.18. The SMILES string of the molecule is CN=C(/C(=C\N)c1cc(C)c(C)c(/C(CN)=N\NC=O)c1)c1c(F)cc2ccccc2c1C#N. The smallest absolute Gasteiger partial charge is 0.227 e. The largest absolute Gasteiger partial charge is 0.404 e. The Kier molecular flexibility index (Phi) is 7.51. The average molecular weight is 457 g/mol. The number of hydrogen-bond acceptors (Lipinski definition) is 6. The lowest BCUT2D eigenvalue weighted by Crippen LogP contribution is -2.21. The van der Waals surface area contributed by atoms with Crippen molar-refractivity contribution in [2.45, 2.75) is 13.8 Å². The number of aliphatic imine (C=N–C) groups is 1. The van der Waals surface area contributed by atoms with E-state index in [4.69, 9.17) is 11.5 Å². The highest BCUT2D eigenvalue weighted by Gasteiger charge is 2.23. The number of hydrazone groups is 1. The quantitative estimate of drug-likeness (QED) is 0.286. The molecule has 34 heavy (non-hydrogen) atoms. The highest BCUT2D eigenvalue weighted by Crippen LogP contribution is 2.31. The predicted molar refractivity (Wildman–Crippen MR) is 134 cm³/mol. The molecule has 0 spiro atoms. The molecule has 3 aromatic rings. The van der Waals surface area contributed by atoms with Crippen LogP contribution in [0.4, 0.5) is 4.39 Å². The Balaban J connectivity index is 2.27. The van der Waals surface area contributed by atoms with Gasteiger partial charge in [-0.1, -0.05) is 30.3 Å². The fraction of sp³-hybridized carbons (Fsp3) is 0.154. The molecule has 0 saturated heterocycles. The number of carbonyl (C=O) groups is 1. The molecular formula is C26H25FN6O. The standard InChI is InChI=1S/C26H25FN6O/c1-15-8-18(9-20(16(15)2)24(13-30)33-32-14-34)21(11-28)26(31-3)25-22(12-29)19-7-5-4-6-17(19)10-23(25)27/h4-11,14H,13,28,30H2,1-3H3,(H,32,34)/b21-11-,31-26?,33-24-. The molecule has 3 aromatic carbocycles. The fourth-order valence-electron chi connectivity index (χ4n) is 3.97. The Morgan fingerprint density at radius 3 is 2.59 bits per heavy atom. The summed E-state index contributed by atoms with van der Waals surface area (Å²) in [5, 5.41) is 15.2. The van der Waals surface area contributed by atoms with Gasteiger partial charge in [-0.2, -0.15) is 10.4 Å². The van der Waals surface area contributed by atoms with Crippen LogP contribution in [0.15, 0.2) is 58.8 Å². The van der Waals surface area contributed by atoms with E-state index in [1.54, 1.807) is 24.3 Å². The van der Waals surface area contributed by atoms with Crippen LogP contribution in [0.3, 0.4) is 0 Å². The summed E-state index contributed by atoms with van der Waals surface area (Å²) in [7, 11) is 1.53. The van der Waals surface area contributed by atoms with Crippen molar-refractivity contribution in [3.63, 3.8) is 0 Å². The third-order valence-electron chi connectivity index (χ3n) is 5.73. The minimum absolute atomic E-state index is 0.0792. The Hall–Kier alpha value is -4.35. The molecule has 0 heterocycles. The first-order valence-corrected chi connectivity index (χ1v) is 10.5. The van der Waals surface area contributed by atoms with Crippen LogP contribution in [0.1, 0.15) is 33.4 Å². The van der Waals surface area contributed by atoms with E-state index in [1.165, 1.54) is 19.3 Å². The van der Waals surface area contributed by atoms with Gasteiger partial charge in [0.2, 0.25) is 6.41 Å². The van der Waals surface area contributed by atoms with E-state index in [0.717, 1.165) is 11.1 Å². The van der Waals surface area contributed by atoms with Gasteiger partial charge in [-0.25, -0.2) is 9.82 Å². The van der Waals surface area contributed by atoms with E-state index >= 15 is 4.39 Å². The second-order valence-electron chi connectivity index (χ2n) is 7.57. The summed E-state index contributed by atoms with van der Waals surface area (Å²) in [6, 6.07) is 14.4. The Bertz CT molecular complexity index is 1400. The molecule has 3 rings (SSSR count). The van der Waals surface area contributed by atoms with E-state index in [1.807, 2.05) is 26.0 Å². The van der Waals surface area contributed by atoms with Crippen LogP contribution in [-0.4, -0.2) is 31.4 Å². The maximum Gasteiger partial charge on any atom is 0.227 e. The molecule has 1 amide bonds. The van der Waals surface area contributed by atoms with Crippen molar-refractivity contribution in [3.8, 4) is 6.07 Å². The van der Waals surface area contributed by atoms with Crippen LogP contribution in [0.25, 0.3) is 16.3 Å². The number of fused-ring (bicyclic) bond motifs is 1. The number of nitrogens with two attached hydrogens (primary N) is 2. The van der Waals surface area contributed by atoms with Crippen molar-refractivity contribution in [2.75, 3.05) is 13.6 Å². The van der Waals surface area contributed by atoms with Gasteiger partial charge >= 0.3 is 0 Å². The number of carbonyl (C=O) groups excluding carboxylic acids is 1. The summed E-state index contributed by atoms with van der Waals surface area (Å²) in [6.45, 7) is 3.91. The van der Waals surface area contributed by atoms with Crippen molar-refractivity contribution < 1.29 is 9.18 Å². The summed E-state index contributed by atoms with van der Waals surface area (Å²) in [5.41, 5.74) is 18.8. The topological polar surface area (TPSA) is 130 Å². The highest BCUT2D eigenvalue weighted by molar-refractivity contribution is 6.33. The van der Waals surface area contributed by atoms with Crippen LogP contribution in [0.2, 0.25) is 0 Å². The molecule has 0 saturated carbocycles. The number of rotatable bonds is 7. The lowest BCUT2D eigenvalue weighted by atomic mass is 9.87. The third-order valence-corrected chi connectivity index (χ3v) is 5.73. The maximum absolute atomic E-state index is 15.4. The first kappa shape index (κ1) is 24.3. The number of hydrogen-bond donors (Lipinski definition) is 3. The van der Waals surface area contributed by atoms with E-state index in [0.29, 0.717) is 39.6 Å². The number of nitriles is 1. The first-order valence-electron chi connectivity index (χ1n) is 10.5. The van der Waals surface area contributed by atoms with E-state index < -0.39 is 5.82 Å². The minimum atomic E-state index is -0.571. The van der Waals surface area contributed by atoms with Gasteiger partial charge < -0.3 is 11.5 Å². The van der Waals surface area contributed by atoms with Gasteiger partial charge in [-0.05, 0) is 48.1 Å². The van der Waals surface area contributed by atoms with E-state index in [2.05, 4.69) is 21.6 Å². The molecule has 0 unspecified atom stereocenters. The molecule has 0 aromatic heterocycles. The Morgan fingerprint density at radius 1 is 1.24 bits per heavy atom. The zero-order valence-corrected chi connectivity index (χ0v) is 19.2. The van der Waals surface area contributed by atoms with E-state index in [-0.39, 0.29) is 23.4 Å². The van der Waals surface area contributed by atoms with Crippen molar-refractivity contribution in [1.82, 2.24) is 5.43 Å². The maximum atomic E-state index is 15.4. The van der Waals surface area contributed by atoms with Gasteiger partial charge in [0.15, 0.2) is 0 Å². The normalized spacial score (nSPS) is 12.5. The highest BCUT2D eigenvalue weighted by atomic mass is 19.1. The summed E-state index contributed by atoms with van der Waals surface area (Å²) in [6.07, 6.45) is 1.80. The molecule has 8 heteroatoms. The average Bonchev–Trinajstić information content (AvgIpc) is 2.84.